The molecule has 0 saturated carbocycles. The van der Waals surface area contributed by atoms with Gasteiger partial charge in [-0.15, -0.1) is 0 Å². The first-order valence-electron chi connectivity index (χ1n) is 5.34. The van der Waals surface area contributed by atoms with Crippen LogP contribution in [0.4, 0.5) is 4.39 Å². The lowest BCUT2D eigenvalue weighted by atomic mass is 10.0. The van der Waals surface area contributed by atoms with Gasteiger partial charge >= 0.3 is 5.97 Å². The van der Waals surface area contributed by atoms with Crippen LogP contribution in [0.1, 0.15) is 26.7 Å². The molecule has 0 spiro atoms. The Bertz CT molecular complexity index is 264. The SMILES string of the molecule is CC(C)CN1CCC(=C(F)C(=O)O)CC1. The molecular formula is C11H18FNO2. The predicted octanol–water partition coefficient (Wildman–Crippen LogP) is 2.05. The summed E-state index contributed by atoms with van der Waals surface area (Å²) in [6.07, 6.45) is 1.09. The van der Waals surface area contributed by atoms with E-state index in [1.165, 1.54) is 0 Å². The van der Waals surface area contributed by atoms with Crippen LogP contribution in [0.15, 0.2) is 11.4 Å². The van der Waals surface area contributed by atoms with E-state index in [-0.39, 0.29) is 0 Å². The van der Waals surface area contributed by atoms with Gasteiger partial charge in [0.2, 0.25) is 5.83 Å². The largest absolute Gasteiger partial charge is 0.476 e. The number of carbonyl (C=O) groups is 1. The highest BCUT2D eigenvalue weighted by atomic mass is 19.1. The predicted molar refractivity (Wildman–Crippen MR) is 56.3 cm³/mol. The van der Waals surface area contributed by atoms with Crippen molar-refractivity contribution in [2.45, 2.75) is 26.7 Å². The molecule has 1 saturated heterocycles. The number of rotatable bonds is 3. The molecule has 0 aromatic rings. The summed E-state index contributed by atoms with van der Waals surface area (Å²) >= 11 is 0. The average Bonchev–Trinajstić information content (AvgIpc) is 2.17. The van der Waals surface area contributed by atoms with E-state index in [4.69, 9.17) is 5.11 Å². The maximum Gasteiger partial charge on any atom is 0.364 e. The van der Waals surface area contributed by atoms with Crippen molar-refractivity contribution in [2.75, 3.05) is 19.6 Å². The number of hydrogen-bond acceptors (Lipinski definition) is 2. The molecule has 1 rings (SSSR count). The van der Waals surface area contributed by atoms with E-state index in [0.717, 1.165) is 19.6 Å². The van der Waals surface area contributed by atoms with E-state index in [1.54, 1.807) is 0 Å². The van der Waals surface area contributed by atoms with Gasteiger partial charge in [-0.1, -0.05) is 13.8 Å². The minimum atomic E-state index is -1.43. The van der Waals surface area contributed by atoms with E-state index in [0.29, 0.717) is 24.3 Å². The molecule has 1 aliphatic heterocycles. The summed E-state index contributed by atoms with van der Waals surface area (Å²) in [6.45, 7) is 6.83. The molecule has 0 atom stereocenters. The van der Waals surface area contributed by atoms with Crippen molar-refractivity contribution >= 4 is 5.97 Å². The van der Waals surface area contributed by atoms with Gasteiger partial charge in [-0.25, -0.2) is 4.79 Å². The fraction of sp³-hybridized carbons (Fsp3) is 0.727. The summed E-state index contributed by atoms with van der Waals surface area (Å²) in [4.78, 5) is 12.7. The molecule has 86 valence electrons. The number of likely N-dealkylation sites (tertiary alicyclic amines) is 1. The van der Waals surface area contributed by atoms with Gasteiger partial charge in [-0.2, -0.15) is 4.39 Å². The Morgan fingerprint density at radius 3 is 2.40 bits per heavy atom. The first-order chi connectivity index (χ1) is 7.00. The van der Waals surface area contributed by atoms with Crippen molar-refractivity contribution in [3.8, 4) is 0 Å². The molecule has 15 heavy (non-hydrogen) atoms. The number of halogens is 1. The second-order valence-electron chi connectivity index (χ2n) is 4.42. The van der Waals surface area contributed by atoms with Crippen LogP contribution >= 0.6 is 0 Å². The second kappa shape index (κ2) is 5.26. The van der Waals surface area contributed by atoms with Crippen molar-refractivity contribution in [1.29, 1.82) is 0 Å². The summed E-state index contributed by atoms with van der Waals surface area (Å²) in [5, 5.41) is 8.50. The van der Waals surface area contributed by atoms with Crippen molar-refractivity contribution < 1.29 is 14.3 Å². The summed E-state index contributed by atoms with van der Waals surface area (Å²) < 4.78 is 13.1. The lowest BCUT2D eigenvalue weighted by molar-refractivity contribution is -0.134. The number of carboxylic acid groups (broad SMARTS) is 1. The Balaban J connectivity index is 2.49. The Labute approximate surface area is 89.6 Å². The number of nitrogens with zero attached hydrogens (tertiary/aromatic N) is 1. The Morgan fingerprint density at radius 2 is 2.00 bits per heavy atom. The van der Waals surface area contributed by atoms with Gasteiger partial charge in [0.05, 0.1) is 0 Å². The molecule has 3 nitrogen and oxygen atoms in total. The van der Waals surface area contributed by atoms with Gasteiger partial charge in [0.25, 0.3) is 0 Å². The molecule has 1 fully saturated rings. The number of carboxylic acids is 1. The monoisotopic (exact) mass is 215 g/mol. The lowest BCUT2D eigenvalue weighted by Gasteiger charge is -2.29. The molecule has 0 radical (unpaired) electrons. The van der Waals surface area contributed by atoms with Crippen LogP contribution in [0.25, 0.3) is 0 Å². The van der Waals surface area contributed by atoms with Crippen LogP contribution in [0.3, 0.4) is 0 Å². The molecule has 0 amide bonds. The molecule has 0 aliphatic carbocycles. The smallest absolute Gasteiger partial charge is 0.364 e. The molecule has 1 N–H and O–H groups in total. The normalized spacial score (nSPS) is 18.3. The van der Waals surface area contributed by atoms with Crippen molar-refractivity contribution in [2.24, 2.45) is 5.92 Å². The molecular weight excluding hydrogens is 197 g/mol. The van der Waals surface area contributed by atoms with E-state index in [9.17, 15) is 9.18 Å². The van der Waals surface area contributed by atoms with Crippen molar-refractivity contribution in [1.82, 2.24) is 4.90 Å². The van der Waals surface area contributed by atoms with Crippen molar-refractivity contribution in [3.63, 3.8) is 0 Å². The van der Waals surface area contributed by atoms with E-state index < -0.39 is 11.8 Å². The minimum absolute atomic E-state index is 0.461. The van der Waals surface area contributed by atoms with Crippen LogP contribution in [0, 0.1) is 5.92 Å². The van der Waals surface area contributed by atoms with E-state index >= 15 is 0 Å². The van der Waals surface area contributed by atoms with Gasteiger partial charge < -0.3 is 10.0 Å². The molecule has 0 aromatic carbocycles. The zero-order valence-electron chi connectivity index (χ0n) is 9.29. The minimum Gasteiger partial charge on any atom is -0.476 e. The van der Waals surface area contributed by atoms with Gasteiger partial charge in [-0.3, -0.25) is 0 Å². The van der Waals surface area contributed by atoms with Crippen LogP contribution in [-0.2, 0) is 4.79 Å². The summed E-state index contributed by atoms with van der Waals surface area (Å²) in [6, 6.07) is 0. The van der Waals surface area contributed by atoms with Crippen LogP contribution < -0.4 is 0 Å². The summed E-state index contributed by atoms with van der Waals surface area (Å²) in [7, 11) is 0. The van der Waals surface area contributed by atoms with Gasteiger partial charge in [0.15, 0.2) is 0 Å². The highest BCUT2D eigenvalue weighted by Crippen LogP contribution is 2.21. The van der Waals surface area contributed by atoms with Crippen LogP contribution in [0.2, 0.25) is 0 Å². The fourth-order valence-electron chi connectivity index (χ4n) is 1.89. The number of hydrogen-bond donors (Lipinski definition) is 1. The molecule has 4 heteroatoms. The highest BCUT2D eigenvalue weighted by Gasteiger charge is 2.20. The van der Waals surface area contributed by atoms with Crippen LogP contribution in [0.5, 0.6) is 0 Å². The lowest BCUT2D eigenvalue weighted by Crippen LogP contribution is -2.34. The Morgan fingerprint density at radius 1 is 1.47 bits per heavy atom. The third-order valence-corrected chi connectivity index (χ3v) is 2.58. The van der Waals surface area contributed by atoms with Gasteiger partial charge in [-0.05, 0) is 24.3 Å². The standard InChI is InChI=1S/C11H18FNO2/c1-8(2)7-13-5-3-9(4-6-13)10(12)11(14)15/h8H,3-7H2,1-2H3,(H,14,15). The maximum absolute atomic E-state index is 13.1. The number of aliphatic carboxylic acids is 1. The van der Waals surface area contributed by atoms with Crippen molar-refractivity contribution in [3.05, 3.63) is 11.4 Å². The fourth-order valence-corrected chi connectivity index (χ4v) is 1.89. The zero-order valence-corrected chi connectivity index (χ0v) is 9.29. The molecule has 0 bridgehead atoms. The number of piperidine rings is 1. The van der Waals surface area contributed by atoms with E-state index in [2.05, 4.69) is 18.7 Å². The maximum atomic E-state index is 13.1. The average molecular weight is 215 g/mol. The van der Waals surface area contributed by atoms with Gasteiger partial charge in [0.1, 0.15) is 0 Å². The summed E-state index contributed by atoms with van der Waals surface area (Å²) in [5.74, 6) is -1.78. The molecule has 1 heterocycles. The Hall–Kier alpha value is -0.900. The molecule has 0 unspecified atom stereocenters. The molecule has 0 aromatic heterocycles. The van der Waals surface area contributed by atoms with E-state index in [1.807, 2.05) is 0 Å². The first kappa shape index (κ1) is 12.2. The molecule has 1 aliphatic rings. The third kappa shape index (κ3) is 3.63. The summed E-state index contributed by atoms with van der Waals surface area (Å²) in [5.41, 5.74) is 0.461. The van der Waals surface area contributed by atoms with Crippen LogP contribution in [-0.4, -0.2) is 35.6 Å². The Kier molecular flexibility index (Phi) is 4.27. The third-order valence-electron chi connectivity index (χ3n) is 2.58. The highest BCUT2D eigenvalue weighted by molar-refractivity contribution is 5.84. The topological polar surface area (TPSA) is 40.5 Å². The van der Waals surface area contributed by atoms with Gasteiger partial charge in [0, 0.05) is 19.6 Å². The second-order valence-corrected chi connectivity index (χ2v) is 4.42. The quantitative estimate of drug-likeness (QED) is 0.732. The zero-order chi connectivity index (χ0) is 11.4. The first-order valence-corrected chi connectivity index (χ1v) is 5.34.